The van der Waals surface area contributed by atoms with Crippen LogP contribution in [0.1, 0.15) is 56.3 Å². The quantitative estimate of drug-likeness (QED) is 0.200. The fraction of sp³-hybridized carbons (Fsp3) is 0.467. The third-order valence-electron chi connectivity index (χ3n) is 6.84. The molecule has 204 valence electrons. The van der Waals surface area contributed by atoms with Crippen molar-refractivity contribution in [2.75, 3.05) is 40.4 Å². The molecule has 2 heterocycles. The van der Waals surface area contributed by atoms with Crippen LogP contribution in [0.5, 0.6) is 17.2 Å². The highest BCUT2D eigenvalue weighted by atomic mass is 16.5. The second-order valence-electron chi connectivity index (χ2n) is 10.1. The lowest BCUT2D eigenvalue weighted by atomic mass is 9.94. The lowest BCUT2D eigenvalue weighted by Crippen LogP contribution is -2.35. The number of ether oxygens (including phenoxy) is 3. The number of hydrogen-bond acceptors (Lipinski definition) is 7. The van der Waals surface area contributed by atoms with Crippen LogP contribution in [0.2, 0.25) is 0 Å². The van der Waals surface area contributed by atoms with E-state index in [1.165, 1.54) is 4.90 Å². The van der Waals surface area contributed by atoms with Crippen LogP contribution in [0.15, 0.2) is 42.0 Å². The summed E-state index contributed by atoms with van der Waals surface area (Å²) in [6.07, 6.45) is 2.70. The van der Waals surface area contributed by atoms with Gasteiger partial charge in [-0.2, -0.15) is 0 Å². The maximum absolute atomic E-state index is 13.4. The highest BCUT2D eigenvalue weighted by molar-refractivity contribution is 6.46. The van der Waals surface area contributed by atoms with Gasteiger partial charge in [0.2, 0.25) is 0 Å². The molecule has 8 nitrogen and oxygen atoms in total. The van der Waals surface area contributed by atoms with E-state index in [4.69, 9.17) is 14.2 Å². The van der Waals surface area contributed by atoms with E-state index in [1.807, 2.05) is 57.1 Å². The molecule has 8 heteroatoms. The summed E-state index contributed by atoms with van der Waals surface area (Å²) in [6.45, 7) is 7.87. The first-order valence-corrected chi connectivity index (χ1v) is 13.4. The van der Waals surface area contributed by atoms with Crippen molar-refractivity contribution in [2.45, 2.75) is 52.2 Å². The topological polar surface area (TPSA) is 88.5 Å². The number of nitrogens with zero attached hydrogens (tertiary/aromatic N) is 2. The highest BCUT2D eigenvalue weighted by Crippen LogP contribution is 2.42. The normalized spacial score (nSPS) is 20.1. The Morgan fingerprint density at radius 3 is 2.61 bits per heavy atom. The van der Waals surface area contributed by atoms with Crippen LogP contribution in [0, 0.1) is 0 Å². The molecule has 0 unspecified atom stereocenters. The van der Waals surface area contributed by atoms with Crippen molar-refractivity contribution in [1.82, 2.24) is 9.80 Å². The molecule has 0 saturated carbocycles. The SMILES string of the molecule is CCCCOc1ccc([C@H]2C(=C(O)c3ccc4c(c3)C[C@@H](C)O4)C(=O)C(=O)N2CCN(C)C)cc1OCC. The fourth-order valence-electron chi connectivity index (χ4n) is 4.90. The Morgan fingerprint density at radius 1 is 1.11 bits per heavy atom. The van der Waals surface area contributed by atoms with Crippen molar-refractivity contribution in [2.24, 2.45) is 0 Å². The minimum absolute atomic E-state index is 0.0501. The number of carbonyl (C=O) groups excluding carboxylic acids is 2. The van der Waals surface area contributed by atoms with Gasteiger partial charge in [-0.1, -0.05) is 19.4 Å². The lowest BCUT2D eigenvalue weighted by molar-refractivity contribution is -0.140. The maximum Gasteiger partial charge on any atom is 0.295 e. The van der Waals surface area contributed by atoms with Crippen LogP contribution >= 0.6 is 0 Å². The van der Waals surface area contributed by atoms with Crippen molar-refractivity contribution < 1.29 is 28.9 Å². The minimum atomic E-state index is -0.762. The van der Waals surface area contributed by atoms with Crippen molar-refractivity contribution in [3.63, 3.8) is 0 Å². The third-order valence-corrected chi connectivity index (χ3v) is 6.84. The van der Waals surface area contributed by atoms with Gasteiger partial charge in [-0.05, 0) is 75.8 Å². The highest BCUT2D eigenvalue weighted by Gasteiger charge is 2.46. The van der Waals surface area contributed by atoms with Crippen molar-refractivity contribution >= 4 is 17.4 Å². The Kier molecular flexibility index (Phi) is 8.62. The predicted molar refractivity (Wildman–Crippen MR) is 146 cm³/mol. The van der Waals surface area contributed by atoms with Crippen LogP contribution in [-0.2, 0) is 16.0 Å². The van der Waals surface area contributed by atoms with Gasteiger partial charge in [0.25, 0.3) is 11.7 Å². The van der Waals surface area contributed by atoms with Gasteiger partial charge < -0.3 is 29.1 Å². The molecular formula is C30H38N2O6. The van der Waals surface area contributed by atoms with Gasteiger partial charge >= 0.3 is 0 Å². The van der Waals surface area contributed by atoms with E-state index in [-0.39, 0.29) is 17.4 Å². The summed E-state index contributed by atoms with van der Waals surface area (Å²) in [5.41, 5.74) is 2.20. The van der Waals surface area contributed by atoms with Crippen molar-refractivity contribution in [3.8, 4) is 17.2 Å². The van der Waals surface area contributed by atoms with Gasteiger partial charge in [-0.25, -0.2) is 0 Å². The number of hydrogen-bond donors (Lipinski definition) is 1. The summed E-state index contributed by atoms with van der Waals surface area (Å²) in [4.78, 5) is 30.1. The number of likely N-dealkylation sites (tertiary alicyclic amines) is 1. The first kappa shape index (κ1) is 27.5. The van der Waals surface area contributed by atoms with Crippen LogP contribution < -0.4 is 14.2 Å². The second kappa shape index (κ2) is 11.9. The molecule has 1 N–H and O–H groups in total. The van der Waals surface area contributed by atoms with Gasteiger partial charge in [0.05, 0.1) is 24.8 Å². The van der Waals surface area contributed by atoms with E-state index < -0.39 is 17.7 Å². The molecule has 38 heavy (non-hydrogen) atoms. The molecule has 0 aromatic heterocycles. The average Bonchev–Trinajstić information content (AvgIpc) is 3.38. The summed E-state index contributed by atoms with van der Waals surface area (Å²) >= 11 is 0. The number of benzene rings is 2. The lowest BCUT2D eigenvalue weighted by Gasteiger charge is -2.27. The zero-order chi connectivity index (χ0) is 27.4. The molecule has 1 fully saturated rings. The van der Waals surface area contributed by atoms with Crippen LogP contribution in [0.4, 0.5) is 0 Å². The zero-order valence-corrected chi connectivity index (χ0v) is 23.0. The summed E-state index contributed by atoms with van der Waals surface area (Å²) in [7, 11) is 3.82. The number of unbranched alkanes of at least 4 members (excludes halogenated alkanes) is 1. The Morgan fingerprint density at radius 2 is 1.89 bits per heavy atom. The van der Waals surface area contributed by atoms with Crippen molar-refractivity contribution in [3.05, 3.63) is 58.7 Å². The molecule has 2 aliphatic heterocycles. The van der Waals surface area contributed by atoms with E-state index in [0.717, 1.165) is 24.2 Å². The Labute approximate surface area is 224 Å². The molecule has 1 amide bonds. The summed E-state index contributed by atoms with van der Waals surface area (Å²) < 4.78 is 17.6. The summed E-state index contributed by atoms with van der Waals surface area (Å²) in [5, 5.41) is 11.5. The van der Waals surface area contributed by atoms with Gasteiger partial charge in [-0.15, -0.1) is 0 Å². The molecule has 0 spiro atoms. The van der Waals surface area contributed by atoms with Crippen molar-refractivity contribution in [1.29, 1.82) is 0 Å². The number of aliphatic hydroxyl groups is 1. The summed E-state index contributed by atoms with van der Waals surface area (Å²) in [5.74, 6) is 0.418. The second-order valence-corrected chi connectivity index (χ2v) is 10.1. The van der Waals surface area contributed by atoms with E-state index >= 15 is 0 Å². The molecule has 0 aliphatic carbocycles. The fourth-order valence-corrected chi connectivity index (χ4v) is 4.90. The largest absolute Gasteiger partial charge is 0.507 e. The number of aliphatic hydroxyl groups excluding tert-OH is 1. The van der Waals surface area contributed by atoms with Gasteiger partial charge in [0.15, 0.2) is 11.5 Å². The van der Waals surface area contributed by atoms with Crippen LogP contribution in [-0.4, -0.2) is 73.1 Å². The molecule has 2 aromatic rings. The molecule has 2 atom stereocenters. The van der Waals surface area contributed by atoms with E-state index in [2.05, 4.69) is 6.92 Å². The zero-order valence-electron chi connectivity index (χ0n) is 23.0. The Bertz CT molecular complexity index is 1220. The maximum atomic E-state index is 13.4. The smallest absolute Gasteiger partial charge is 0.295 e. The molecule has 0 bridgehead atoms. The minimum Gasteiger partial charge on any atom is -0.507 e. The number of carbonyl (C=O) groups is 2. The van der Waals surface area contributed by atoms with Crippen LogP contribution in [0.25, 0.3) is 5.76 Å². The number of fused-ring (bicyclic) bond motifs is 1. The third kappa shape index (κ3) is 5.65. The van der Waals surface area contributed by atoms with Gasteiger partial charge in [-0.3, -0.25) is 9.59 Å². The average molecular weight is 523 g/mol. The first-order chi connectivity index (χ1) is 18.2. The Balaban J connectivity index is 1.80. The van der Waals surface area contributed by atoms with Gasteiger partial charge in [0, 0.05) is 25.1 Å². The number of ketones is 1. The molecule has 4 rings (SSSR count). The van der Waals surface area contributed by atoms with E-state index in [0.29, 0.717) is 55.4 Å². The van der Waals surface area contributed by atoms with E-state index in [1.54, 1.807) is 12.1 Å². The molecule has 2 aromatic carbocycles. The predicted octanol–water partition coefficient (Wildman–Crippen LogP) is 4.57. The Hall–Kier alpha value is -3.52. The number of amides is 1. The molecular weight excluding hydrogens is 484 g/mol. The number of Topliss-reactive ketones (excluding diaryl/α,β-unsaturated/α-hetero) is 1. The first-order valence-electron chi connectivity index (χ1n) is 13.4. The standard InChI is InChI=1S/C30H38N2O6/c1-6-8-15-37-24-12-9-20(18-25(24)36-7-2)27-26(29(34)30(35)32(27)14-13-31(4)5)28(33)21-10-11-23-22(17-21)16-19(3)38-23/h9-12,17-19,27,33H,6-8,13-16H2,1-5H3/t19-,27+/m1/s1. The van der Waals surface area contributed by atoms with Gasteiger partial charge in [0.1, 0.15) is 17.6 Å². The van der Waals surface area contributed by atoms with Crippen LogP contribution in [0.3, 0.4) is 0 Å². The molecule has 2 aliphatic rings. The summed E-state index contributed by atoms with van der Waals surface area (Å²) in [6, 6.07) is 10.1. The number of likely N-dealkylation sites (N-methyl/N-ethyl adjacent to an activating group) is 1. The molecule has 1 saturated heterocycles. The monoisotopic (exact) mass is 522 g/mol. The molecule has 0 radical (unpaired) electrons. The number of rotatable bonds is 11. The van der Waals surface area contributed by atoms with E-state index in [9.17, 15) is 14.7 Å².